The highest BCUT2D eigenvalue weighted by molar-refractivity contribution is 7.12. The number of amides is 3. The number of hydrogen-bond donors (Lipinski definition) is 3. The van der Waals surface area contributed by atoms with Gasteiger partial charge in [-0.2, -0.15) is 0 Å². The van der Waals surface area contributed by atoms with Crippen LogP contribution in [0.2, 0.25) is 0 Å². The lowest BCUT2D eigenvalue weighted by Gasteiger charge is -2.09. The smallest absolute Gasteiger partial charge is 0.261 e. The van der Waals surface area contributed by atoms with E-state index in [9.17, 15) is 27.6 Å². The monoisotopic (exact) mass is 447 g/mol. The van der Waals surface area contributed by atoms with Crippen molar-refractivity contribution in [1.29, 1.82) is 0 Å². The number of carbonyl (C=O) groups excluding carboxylic acids is 3. The fourth-order valence-corrected chi connectivity index (χ4v) is 3.17. The summed E-state index contributed by atoms with van der Waals surface area (Å²) in [4.78, 5) is 36.5. The van der Waals surface area contributed by atoms with E-state index in [-0.39, 0.29) is 18.0 Å². The zero-order chi connectivity index (χ0) is 22.4. The van der Waals surface area contributed by atoms with Crippen LogP contribution in [0.25, 0.3) is 0 Å². The van der Waals surface area contributed by atoms with E-state index < -0.39 is 41.5 Å². The average molecular weight is 447 g/mol. The number of rotatable bonds is 7. The standard InChI is InChI=1S/C21H16F3N3O3S/c22-14-7-8-15(19(24)18(14)23)27-17(28)11-26-20(29)13-5-3-12(4-6-13)10-25-21(30)16-2-1-9-31-16/h1-9H,10-11H2,(H,25,30)(H,26,29)(H,27,28). The van der Waals surface area contributed by atoms with Gasteiger partial charge in [0.05, 0.1) is 17.1 Å². The number of carbonyl (C=O) groups is 3. The van der Waals surface area contributed by atoms with Gasteiger partial charge in [-0.25, -0.2) is 13.2 Å². The molecule has 0 aliphatic carbocycles. The molecule has 0 saturated heterocycles. The quantitative estimate of drug-likeness (QED) is 0.485. The molecule has 0 bridgehead atoms. The molecule has 0 spiro atoms. The van der Waals surface area contributed by atoms with Gasteiger partial charge in [-0.05, 0) is 41.3 Å². The van der Waals surface area contributed by atoms with Crippen molar-refractivity contribution in [2.75, 3.05) is 11.9 Å². The van der Waals surface area contributed by atoms with Gasteiger partial charge in [0, 0.05) is 12.1 Å². The summed E-state index contributed by atoms with van der Waals surface area (Å²) in [6, 6.07) is 11.4. The van der Waals surface area contributed by atoms with Crippen LogP contribution in [0.15, 0.2) is 53.9 Å². The van der Waals surface area contributed by atoms with Crippen LogP contribution in [0.5, 0.6) is 0 Å². The van der Waals surface area contributed by atoms with Crippen molar-refractivity contribution >= 4 is 34.7 Å². The summed E-state index contributed by atoms with van der Waals surface area (Å²) in [7, 11) is 0. The maximum absolute atomic E-state index is 13.6. The van der Waals surface area contributed by atoms with Gasteiger partial charge < -0.3 is 16.0 Å². The molecular weight excluding hydrogens is 431 g/mol. The second kappa shape index (κ2) is 9.90. The van der Waals surface area contributed by atoms with Crippen molar-refractivity contribution in [2.45, 2.75) is 6.54 Å². The molecule has 0 radical (unpaired) electrons. The molecule has 3 rings (SSSR count). The number of hydrogen-bond acceptors (Lipinski definition) is 4. The molecule has 0 atom stereocenters. The van der Waals surface area contributed by atoms with Crippen LogP contribution in [0.4, 0.5) is 18.9 Å². The Balaban J connectivity index is 1.48. The third-order valence-corrected chi connectivity index (χ3v) is 5.00. The van der Waals surface area contributed by atoms with E-state index in [1.165, 1.54) is 23.5 Å². The Morgan fingerprint density at radius 3 is 2.26 bits per heavy atom. The maximum atomic E-state index is 13.6. The Morgan fingerprint density at radius 1 is 0.839 bits per heavy atom. The lowest BCUT2D eigenvalue weighted by atomic mass is 10.1. The molecule has 0 saturated carbocycles. The number of nitrogens with one attached hydrogen (secondary N) is 3. The summed E-state index contributed by atoms with van der Waals surface area (Å²) >= 11 is 1.33. The van der Waals surface area contributed by atoms with Crippen molar-refractivity contribution in [1.82, 2.24) is 10.6 Å². The summed E-state index contributed by atoms with van der Waals surface area (Å²) in [6.07, 6.45) is 0. The predicted molar refractivity (Wildman–Crippen MR) is 109 cm³/mol. The van der Waals surface area contributed by atoms with Crippen LogP contribution in [-0.2, 0) is 11.3 Å². The predicted octanol–water partition coefficient (Wildman–Crippen LogP) is 3.46. The van der Waals surface area contributed by atoms with Crippen molar-refractivity contribution in [3.05, 3.63) is 87.4 Å². The Kier molecular flexibility index (Phi) is 7.03. The molecule has 1 heterocycles. The van der Waals surface area contributed by atoms with Crippen molar-refractivity contribution in [3.63, 3.8) is 0 Å². The van der Waals surface area contributed by atoms with E-state index in [0.717, 1.165) is 11.6 Å². The first-order valence-electron chi connectivity index (χ1n) is 8.97. The minimum atomic E-state index is -1.70. The van der Waals surface area contributed by atoms with Gasteiger partial charge in [-0.1, -0.05) is 18.2 Å². The van der Waals surface area contributed by atoms with E-state index in [1.807, 2.05) is 0 Å². The Labute approximate surface area is 179 Å². The highest BCUT2D eigenvalue weighted by atomic mass is 32.1. The zero-order valence-corrected chi connectivity index (χ0v) is 16.7. The minimum Gasteiger partial charge on any atom is -0.347 e. The normalized spacial score (nSPS) is 10.4. The van der Waals surface area contributed by atoms with Gasteiger partial charge in [0.1, 0.15) is 0 Å². The van der Waals surface area contributed by atoms with Crippen molar-refractivity contribution in [2.24, 2.45) is 0 Å². The highest BCUT2D eigenvalue weighted by Crippen LogP contribution is 2.19. The number of benzene rings is 2. The molecule has 2 aromatic carbocycles. The lowest BCUT2D eigenvalue weighted by Crippen LogP contribution is -2.33. The second-order valence-corrected chi connectivity index (χ2v) is 7.26. The van der Waals surface area contributed by atoms with E-state index in [4.69, 9.17) is 0 Å². The Hall–Kier alpha value is -3.66. The van der Waals surface area contributed by atoms with E-state index in [1.54, 1.807) is 29.6 Å². The fraction of sp³-hybridized carbons (Fsp3) is 0.0952. The van der Waals surface area contributed by atoms with Gasteiger partial charge in [0.15, 0.2) is 17.5 Å². The Bertz CT molecular complexity index is 1100. The van der Waals surface area contributed by atoms with Crippen LogP contribution in [-0.4, -0.2) is 24.3 Å². The topological polar surface area (TPSA) is 87.3 Å². The molecule has 0 fully saturated rings. The molecule has 0 unspecified atom stereocenters. The Morgan fingerprint density at radius 2 is 1.58 bits per heavy atom. The molecule has 31 heavy (non-hydrogen) atoms. The van der Waals surface area contributed by atoms with Gasteiger partial charge in [0.25, 0.3) is 11.8 Å². The number of anilines is 1. The van der Waals surface area contributed by atoms with Crippen LogP contribution in [0.1, 0.15) is 25.6 Å². The average Bonchev–Trinajstić information content (AvgIpc) is 3.32. The van der Waals surface area contributed by atoms with Gasteiger partial charge in [-0.15, -0.1) is 11.3 Å². The van der Waals surface area contributed by atoms with E-state index in [2.05, 4.69) is 16.0 Å². The van der Waals surface area contributed by atoms with Crippen LogP contribution in [0, 0.1) is 17.5 Å². The van der Waals surface area contributed by atoms with Crippen molar-refractivity contribution < 1.29 is 27.6 Å². The molecule has 6 nitrogen and oxygen atoms in total. The summed E-state index contributed by atoms with van der Waals surface area (Å²) in [5.41, 5.74) is 0.500. The first-order chi connectivity index (χ1) is 14.8. The first-order valence-corrected chi connectivity index (χ1v) is 9.85. The van der Waals surface area contributed by atoms with Gasteiger partial charge in [0.2, 0.25) is 5.91 Å². The van der Waals surface area contributed by atoms with Gasteiger partial charge >= 0.3 is 0 Å². The molecule has 160 valence electrons. The van der Waals surface area contributed by atoms with Crippen LogP contribution >= 0.6 is 11.3 Å². The third kappa shape index (κ3) is 5.70. The molecule has 0 aliphatic heterocycles. The molecule has 10 heteroatoms. The van der Waals surface area contributed by atoms with Gasteiger partial charge in [-0.3, -0.25) is 14.4 Å². The van der Waals surface area contributed by atoms with E-state index >= 15 is 0 Å². The largest absolute Gasteiger partial charge is 0.347 e. The third-order valence-electron chi connectivity index (χ3n) is 4.13. The maximum Gasteiger partial charge on any atom is 0.261 e. The second-order valence-electron chi connectivity index (χ2n) is 6.31. The molecule has 3 N–H and O–H groups in total. The van der Waals surface area contributed by atoms with E-state index in [0.29, 0.717) is 10.9 Å². The minimum absolute atomic E-state index is 0.194. The first kappa shape index (κ1) is 22.0. The fourth-order valence-electron chi connectivity index (χ4n) is 2.53. The molecule has 1 aromatic heterocycles. The lowest BCUT2D eigenvalue weighted by molar-refractivity contribution is -0.115. The summed E-state index contributed by atoms with van der Waals surface area (Å²) in [6.45, 7) is -0.225. The SMILES string of the molecule is O=C(CNC(=O)c1ccc(CNC(=O)c2cccs2)cc1)Nc1ccc(F)c(F)c1F. The highest BCUT2D eigenvalue weighted by Gasteiger charge is 2.16. The summed E-state index contributed by atoms with van der Waals surface area (Å²) < 4.78 is 39.7. The molecule has 0 aliphatic rings. The zero-order valence-electron chi connectivity index (χ0n) is 15.9. The summed E-state index contributed by atoms with van der Waals surface area (Å²) in [5.74, 6) is -6.17. The van der Waals surface area contributed by atoms with Crippen LogP contribution in [0.3, 0.4) is 0 Å². The molecular formula is C21H16F3N3O3S. The summed E-state index contributed by atoms with van der Waals surface area (Å²) in [5, 5.41) is 8.97. The molecule has 3 amide bonds. The number of thiophene rings is 1. The van der Waals surface area contributed by atoms with Crippen LogP contribution < -0.4 is 16.0 Å². The molecule has 3 aromatic rings. The van der Waals surface area contributed by atoms with Crippen molar-refractivity contribution in [3.8, 4) is 0 Å². The number of halogens is 3.